The van der Waals surface area contributed by atoms with E-state index in [-0.39, 0.29) is 6.04 Å². The van der Waals surface area contributed by atoms with Crippen molar-refractivity contribution < 1.29 is 13.2 Å². The average Bonchev–Trinajstić information content (AvgIpc) is 2.45. The molecule has 1 aromatic carbocycles. The Labute approximate surface area is 127 Å². The van der Waals surface area contributed by atoms with Crippen LogP contribution in [0.25, 0.3) is 0 Å². The second-order valence-corrected chi connectivity index (χ2v) is 7.83. The van der Waals surface area contributed by atoms with Crippen molar-refractivity contribution in [3.05, 3.63) is 24.3 Å². The molecule has 1 saturated heterocycles. The smallest absolute Gasteiger partial charge is 0.243 e. The van der Waals surface area contributed by atoms with E-state index in [1.807, 2.05) is 6.92 Å². The highest BCUT2D eigenvalue weighted by Crippen LogP contribution is 2.21. The van der Waals surface area contributed by atoms with Crippen LogP contribution in [-0.4, -0.2) is 45.0 Å². The number of ether oxygens (including phenoxy) is 1. The summed E-state index contributed by atoms with van der Waals surface area (Å²) >= 11 is 0. The van der Waals surface area contributed by atoms with Crippen molar-refractivity contribution >= 4 is 10.0 Å². The normalized spacial score (nSPS) is 20.7. The molecule has 1 atom stereocenters. The molecule has 0 bridgehead atoms. The van der Waals surface area contributed by atoms with Gasteiger partial charge in [-0.2, -0.15) is 4.31 Å². The Kier molecular flexibility index (Phi) is 5.24. The Morgan fingerprint density at radius 1 is 1.33 bits per heavy atom. The number of rotatable bonds is 5. The summed E-state index contributed by atoms with van der Waals surface area (Å²) in [6, 6.07) is 6.87. The molecule has 0 amide bonds. The van der Waals surface area contributed by atoms with Crippen LogP contribution >= 0.6 is 0 Å². The van der Waals surface area contributed by atoms with E-state index < -0.39 is 10.0 Å². The Bertz CT molecular complexity index is 555. The molecule has 1 unspecified atom stereocenters. The van der Waals surface area contributed by atoms with Crippen LogP contribution < -0.4 is 10.1 Å². The van der Waals surface area contributed by atoms with Crippen molar-refractivity contribution in [3.63, 3.8) is 0 Å². The summed E-state index contributed by atoms with van der Waals surface area (Å²) in [7, 11) is -3.41. The predicted molar refractivity (Wildman–Crippen MR) is 83.0 cm³/mol. The molecule has 1 aromatic rings. The van der Waals surface area contributed by atoms with Crippen LogP contribution in [0.1, 0.15) is 20.8 Å². The van der Waals surface area contributed by atoms with Gasteiger partial charge in [-0.1, -0.05) is 13.8 Å². The average molecular weight is 312 g/mol. The molecular weight excluding hydrogens is 288 g/mol. The highest BCUT2D eigenvalue weighted by atomic mass is 32.2. The summed E-state index contributed by atoms with van der Waals surface area (Å²) in [5.74, 6) is 1.15. The third-order valence-corrected chi connectivity index (χ3v) is 5.26. The topological polar surface area (TPSA) is 58.6 Å². The first-order valence-corrected chi connectivity index (χ1v) is 8.80. The Balaban J connectivity index is 2.09. The Hall–Kier alpha value is -1.11. The minimum atomic E-state index is -3.41. The van der Waals surface area contributed by atoms with Gasteiger partial charge in [-0.3, -0.25) is 0 Å². The van der Waals surface area contributed by atoms with Gasteiger partial charge in [0.15, 0.2) is 0 Å². The predicted octanol–water partition coefficient (Wildman–Crippen LogP) is 1.70. The van der Waals surface area contributed by atoms with Crippen LogP contribution in [-0.2, 0) is 10.0 Å². The van der Waals surface area contributed by atoms with Gasteiger partial charge < -0.3 is 10.1 Å². The number of hydrogen-bond acceptors (Lipinski definition) is 4. The van der Waals surface area contributed by atoms with Crippen molar-refractivity contribution in [2.45, 2.75) is 31.7 Å². The molecule has 1 heterocycles. The largest absolute Gasteiger partial charge is 0.493 e. The van der Waals surface area contributed by atoms with Crippen molar-refractivity contribution in [1.82, 2.24) is 9.62 Å². The van der Waals surface area contributed by atoms with Gasteiger partial charge in [0, 0.05) is 25.7 Å². The lowest BCUT2D eigenvalue weighted by Gasteiger charge is -2.31. The van der Waals surface area contributed by atoms with Crippen LogP contribution in [0.5, 0.6) is 5.75 Å². The van der Waals surface area contributed by atoms with Crippen molar-refractivity contribution in [2.75, 3.05) is 26.2 Å². The molecule has 1 N–H and O–H groups in total. The quantitative estimate of drug-likeness (QED) is 0.899. The van der Waals surface area contributed by atoms with Gasteiger partial charge in [-0.05, 0) is 37.1 Å². The summed E-state index contributed by atoms with van der Waals surface area (Å²) in [5, 5.41) is 3.25. The van der Waals surface area contributed by atoms with E-state index in [2.05, 4.69) is 19.2 Å². The van der Waals surface area contributed by atoms with E-state index in [0.717, 1.165) is 0 Å². The lowest BCUT2D eigenvalue weighted by Crippen LogP contribution is -2.51. The standard InChI is InChI=1S/C15H24N2O3S/c1-12(2)11-20-14-4-6-15(7-5-14)21(18,19)17-9-8-16-13(3)10-17/h4-7,12-13,16H,8-11H2,1-3H3. The van der Waals surface area contributed by atoms with Crippen LogP contribution in [0.2, 0.25) is 0 Å². The lowest BCUT2D eigenvalue weighted by atomic mass is 10.2. The van der Waals surface area contributed by atoms with E-state index in [1.54, 1.807) is 24.3 Å². The third kappa shape index (κ3) is 4.18. The van der Waals surface area contributed by atoms with Gasteiger partial charge >= 0.3 is 0 Å². The van der Waals surface area contributed by atoms with Crippen LogP contribution in [0.3, 0.4) is 0 Å². The first-order valence-electron chi connectivity index (χ1n) is 7.36. The van der Waals surface area contributed by atoms with Gasteiger partial charge in [0.05, 0.1) is 11.5 Å². The van der Waals surface area contributed by atoms with Crippen LogP contribution in [0, 0.1) is 5.92 Å². The number of piperazine rings is 1. The summed E-state index contributed by atoms with van der Waals surface area (Å²) in [6.45, 7) is 8.48. The van der Waals surface area contributed by atoms with Gasteiger partial charge in [0.25, 0.3) is 0 Å². The molecule has 6 heteroatoms. The molecule has 1 aliphatic rings. The Morgan fingerprint density at radius 2 is 2.00 bits per heavy atom. The third-order valence-electron chi connectivity index (χ3n) is 3.38. The number of nitrogens with one attached hydrogen (secondary N) is 1. The zero-order valence-corrected chi connectivity index (χ0v) is 13.7. The molecule has 0 radical (unpaired) electrons. The minimum Gasteiger partial charge on any atom is -0.493 e. The summed E-state index contributed by atoms with van der Waals surface area (Å²) < 4.78 is 32.3. The van der Waals surface area contributed by atoms with E-state index in [4.69, 9.17) is 4.74 Å². The molecular formula is C15H24N2O3S. The maximum atomic E-state index is 12.6. The SMILES string of the molecule is CC(C)COc1ccc(S(=O)(=O)N2CCNC(C)C2)cc1. The summed E-state index contributed by atoms with van der Waals surface area (Å²) in [6.07, 6.45) is 0. The van der Waals surface area contributed by atoms with E-state index in [9.17, 15) is 8.42 Å². The van der Waals surface area contributed by atoms with E-state index in [1.165, 1.54) is 4.31 Å². The fourth-order valence-electron chi connectivity index (χ4n) is 2.24. The molecule has 5 nitrogen and oxygen atoms in total. The fraction of sp³-hybridized carbons (Fsp3) is 0.600. The lowest BCUT2D eigenvalue weighted by molar-refractivity contribution is 0.271. The fourth-order valence-corrected chi connectivity index (χ4v) is 3.76. The summed E-state index contributed by atoms with van der Waals surface area (Å²) in [4.78, 5) is 0.327. The van der Waals surface area contributed by atoms with Crippen molar-refractivity contribution in [1.29, 1.82) is 0 Å². The zero-order chi connectivity index (χ0) is 15.5. The first kappa shape index (κ1) is 16.3. The van der Waals surface area contributed by atoms with Gasteiger partial charge in [-0.25, -0.2) is 8.42 Å². The minimum absolute atomic E-state index is 0.183. The highest BCUT2D eigenvalue weighted by Gasteiger charge is 2.28. The number of nitrogens with zero attached hydrogens (tertiary/aromatic N) is 1. The van der Waals surface area contributed by atoms with Gasteiger partial charge in [-0.15, -0.1) is 0 Å². The molecule has 0 aliphatic carbocycles. The molecule has 1 aliphatic heterocycles. The van der Waals surface area contributed by atoms with E-state index in [0.29, 0.717) is 42.8 Å². The molecule has 0 saturated carbocycles. The maximum Gasteiger partial charge on any atom is 0.243 e. The van der Waals surface area contributed by atoms with Crippen LogP contribution in [0.15, 0.2) is 29.2 Å². The maximum absolute atomic E-state index is 12.6. The number of benzene rings is 1. The Morgan fingerprint density at radius 3 is 2.57 bits per heavy atom. The molecule has 0 aromatic heterocycles. The van der Waals surface area contributed by atoms with Gasteiger partial charge in [0.1, 0.15) is 5.75 Å². The monoisotopic (exact) mass is 312 g/mol. The van der Waals surface area contributed by atoms with Crippen molar-refractivity contribution in [3.8, 4) is 5.75 Å². The number of sulfonamides is 1. The second-order valence-electron chi connectivity index (χ2n) is 5.89. The van der Waals surface area contributed by atoms with Crippen molar-refractivity contribution in [2.24, 2.45) is 5.92 Å². The molecule has 21 heavy (non-hydrogen) atoms. The van der Waals surface area contributed by atoms with Crippen LogP contribution in [0.4, 0.5) is 0 Å². The molecule has 1 fully saturated rings. The van der Waals surface area contributed by atoms with Gasteiger partial charge in [0.2, 0.25) is 10.0 Å². The van der Waals surface area contributed by atoms with E-state index >= 15 is 0 Å². The highest BCUT2D eigenvalue weighted by molar-refractivity contribution is 7.89. The second kappa shape index (κ2) is 6.77. The number of hydrogen-bond donors (Lipinski definition) is 1. The molecule has 118 valence electrons. The molecule has 0 spiro atoms. The molecule has 2 rings (SSSR count). The first-order chi connectivity index (χ1) is 9.89. The zero-order valence-electron chi connectivity index (χ0n) is 12.9. The summed E-state index contributed by atoms with van der Waals surface area (Å²) in [5.41, 5.74) is 0.